The number of benzene rings is 1. The van der Waals surface area contributed by atoms with Crippen molar-refractivity contribution >= 4 is 5.69 Å². The summed E-state index contributed by atoms with van der Waals surface area (Å²) in [5.41, 5.74) is 8.79. The summed E-state index contributed by atoms with van der Waals surface area (Å²) < 4.78 is 0. The molecule has 2 nitrogen and oxygen atoms in total. The number of nitrogens with zero attached hydrogens (tertiary/aromatic N) is 1. The Morgan fingerprint density at radius 2 is 1.88 bits per heavy atom. The molecule has 1 aromatic carbocycles. The molecule has 1 aromatic rings. The Kier molecular flexibility index (Phi) is 6.06. The molecule has 0 amide bonds. The van der Waals surface area contributed by atoms with E-state index in [0.717, 1.165) is 19.5 Å². The van der Waals surface area contributed by atoms with E-state index in [1.54, 1.807) is 0 Å². The van der Waals surface area contributed by atoms with Gasteiger partial charge in [0.25, 0.3) is 0 Å². The number of nitrogens with two attached hydrogens (primary N) is 1. The number of para-hydroxylation sites is 1. The Bertz CT molecular complexity index is 322. The molecule has 0 unspecified atom stereocenters. The Morgan fingerprint density at radius 3 is 2.47 bits per heavy atom. The van der Waals surface area contributed by atoms with E-state index in [4.69, 9.17) is 5.73 Å². The third-order valence-electron chi connectivity index (χ3n) is 3.28. The molecule has 0 radical (unpaired) electrons. The van der Waals surface area contributed by atoms with Crippen LogP contribution in [0.2, 0.25) is 0 Å². The Hall–Kier alpha value is -1.02. The first-order valence-corrected chi connectivity index (χ1v) is 6.83. The lowest BCUT2D eigenvalue weighted by Crippen LogP contribution is -2.26. The van der Waals surface area contributed by atoms with Crippen LogP contribution in [-0.2, 0) is 0 Å². The van der Waals surface area contributed by atoms with Crippen molar-refractivity contribution in [2.45, 2.75) is 46.1 Å². The van der Waals surface area contributed by atoms with E-state index in [0.29, 0.717) is 0 Å². The fourth-order valence-corrected chi connectivity index (χ4v) is 2.11. The van der Waals surface area contributed by atoms with Crippen LogP contribution < -0.4 is 10.6 Å². The minimum Gasteiger partial charge on any atom is -0.372 e. The van der Waals surface area contributed by atoms with Crippen molar-refractivity contribution in [3.63, 3.8) is 0 Å². The largest absolute Gasteiger partial charge is 0.372 e. The van der Waals surface area contributed by atoms with Crippen molar-refractivity contribution in [2.75, 3.05) is 18.0 Å². The van der Waals surface area contributed by atoms with E-state index in [1.807, 2.05) is 0 Å². The Morgan fingerprint density at radius 1 is 1.18 bits per heavy atom. The van der Waals surface area contributed by atoms with Gasteiger partial charge in [-0.05, 0) is 31.4 Å². The molecule has 0 aliphatic heterocycles. The highest BCUT2D eigenvalue weighted by Crippen LogP contribution is 2.26. The van der Waals surface area contributed by atoms with Crippen LogP contribution in [0.25, 0.3) is 0 Å². The number of unbranched alkanes of at least 4 members (excludes halogenated alkanes) is 1. The quantitative estimate of drug-likeness (QED) is 0.779. The van der Waals surface area contributed by atoms with Gasteiger partial charge in [-0.15, -0.1) is 0 Å². The molecule has 0 saturated carbocycles. The molecular formula is C15H26N2. The van der Waals surface area contributed by atoms with E-state index in [1.165, 1.54) is 24.1 Å². The first-order chi connectivity index (χ1) is 8.24. The SMILES string of the molecule is CCCCN(CC)c1ccccc1[C@H](N)CC. The molecule has 96 valence electrons. The number of anilines is 1. The van der Waals surface area contributed by atoms with Gasteiger partial charge in [0.15, 0.2) is 0 Å². The van der Waals surface area contributed by atoms with E-state index >= 15 is 0 Å². The molecule has 0 bridgehead atoms. The molecular weight excluding hydrogens is 208 g/mol. The van der Waals surface area contributed by atoms with Crippen LogP contribution >= 0.6 is 0 Å². The van der Waals surface area contributed by atoms with Crippen LogP contribution in [0.3, 0.4) is 0 Å². The Balaban J connectivity index is 2.93. The van der Waals surface area contributed by atoms with E-state index < -0.39 is 0 Å². The van der Waals surface area contributed by atoms with Gasteiger partial charge in [0.1, 0.15) is 0 Å². The van der Waals surface area contributed by atoms with Crippen LogP contribution in [0.4, 0.5) is 5.69 Å². The van der Waals surface area contributed by atoms with Gasteiger partial charge < -0.3 is 10.6 Å². The highest BCUT2D eigenvalue weighted by atomic mass is 15.1. The second kappa shape index (κ2) is 7.33. The van der Waals surface area contributed by atoms with E-state index in [-0.39, 0.29) is 6.04 Å². The second-order valence-corrected chi connectivity index (χ2v) is 4.51. The lowest BCUT2D eigenvalue weighted by Gasteiger charge is -2.27. The molecule has 0 fully saturated rings. The van der Waals surface area contributed by atoms with Gasteiger partial charge >= 0.3 is 0 Å². The number of hydrogen-bond donors (Lipinski definition) is 1. The average Bonchev–Trinajstić information content (AvgIpc) is 2.39. The lowest BCUT2D eigenvalue weighted by atomic mass is 10.0. The molecule has 1 atom stereocenters. The van der Waals surface area contributed by atoms with Crippen molar-refractivity contribution in [3.05, 3.63) is 29.8 Å². The molecule has 0 heterocycles. The summed E-state index contributed by atoms with van der Waals surface area (Å²) in [6, 6.07) is 8.71. The summed E-state index contributed by atoms with van der Waals surface area (Å²) in [5, 5.41) is 0. The van der Waals surface area contributed by atoms with Crippen LogP contribution in [0, 0.1) is 0 Å². The normalized spacial score (nSPS) is 12.5. The van der Waals surface area contributed by atoms with Crippen molar-refractivity contribution in [2.24, 2.45) is 5.73 Å². The van der Waals surface area contributed by atoms with Crippen molar-refractivity contribution in [3.8, 4) is 0 Å². The minimum atomic E-state index is 0.155. The molecule has 2 heteroatoms. The predicted molar refractivity (Wildman–Crippen MR) is 76.5 cm³/mol. The fourth-order valence-electron chi connectivity index (χ4n) is 2.11. The zero-order valence-corrected chi connectivity index (χ0v) is 11.4. The van der Waals surface area contributed by atoms with Crippen LogP contribution in [0.5, 0.6) is 0 Å². The van der Waals surface area contributed by atoms with Gasteiger partial charge in [0.05, 0.1) is 0 Å². The highest BCUT2D eigenvalue weighted by molar-refractivity contribution is 5.54. The second-order valence-electron chi connectivity index (χ2n) is 4.51. The predicted octanol–water partition coefficient (Wildman–Crippen LogP) is 3.72. The summed E-state index contributed by atoms with van der Waals surface area (Å²) in [6.45, 7) is 8.76. The van der Waals surface area contributed by atoms with Gasteiger partial charge in [0.2, 0.25) is 0 Å². The van der Waals surface area contributed by atoms with Gasteiger partial charge in [-0.3, -0.25) is 0 Å². The maximum atomic E-state index is 6.19. The maximum Gasteiger partial charge on any atom is 0.0414 e. The van der Waals surface area contributed by atoms with Crippen molar-refractivity contribution < 1.29 is 0 Å². The fraction of sp³-hybridized carbons (Fsp3) is 0.600. The lowest BCUT2D eigenvalue weighted by molar-refractivity contribution is 0.681. The molecule has 0 saturated heterocycles. The summed E-state index contributed by atoms with van der Waals surface area (Å²) in [5.74, 6) is 0. The number of hydrogen-bond acceptors (Lipinski definition) is 2. The van der Waals surface area contributed by atoms with Gasteiger partial charge in [-0.25, -0.2) is 0 Å². The highest BCUT2D eigenvalue weighted by Gasteiger charge is 2.12. The average molecular weight is 234 g/mol. The smallest absolute Gasteiger partial charge is 0.0414 e. The van der Waals surface area contributed by atoms with E-state index in [2.05, 4.69) is 49.9 Å². The van der Waals surface area contributed by atoms with Crippen molar-refractivity contribution in [1.29, 1.82) is 0 Å². The van der Waals surface area contributed by atoms with Crippen molar-refractivity contribution in [1.82, 2.24) is 0 Å². The molecule has 0 aromatic heterocycles. The summed E-state index contributed by atoms with van der Waals surface area (Å²) in [4.78, 5) is 2.44. The zero-order chi connectivity index (χ0) is 12.7. The molecule has 0 aliphatic rings. The summed E-state index contributed by atoms with van der Waals surface area (Å²) in [6.07, 6.45) is 3.46. The number of rotatable bonds is 7. The monoisotopic (exact) mass is 234 g/mol. The maximum absolute atomic E-state index is 6.19. The van der Waals surface area contributed by atoms with Gasteiger partial charge in [-0.2, -0.15) is 0 Å². The summed E-state index contributed by atoms with van der Waals surface area (Å²) in [7, 11) is 0. The molecule has 17 heavy (non-hydrogen) atoms. The van der Waals surface area contributed by atoms with Crippen LogP contribution in [0.1, 0.15) is 51.6 Å². The minimum absolute atomic E-state index is 0.155. The first-order valence-electron chi connectivity index (χ1n) is 6.83. The first kappa shape index (κ1) is 14.0. The topological polar surface area (TPSA) is 29.3 Å². The van der Waals surface area contributed by atoms with Gasteiger partial charge in [-0.1, -0.05) is 38.5 Å². The van der Waals surface area contributed by atoms with Crippen LogP contribution in [-0.4, -0.2) is 13.1 Å². The molecule has 2 N–H and O–H groups in total. The standard InChI is InChI=1S/C15H26N2/c1-4-7-12-17(6-3)15-11-9-8-10-13(15)14(16)5-2/h8-11,14H,4-7,12,16H2,1-3H3/t14-/m1/s1. The van der Waals surface area contributed by atoms with E-state index in [9.17, 15) is 0 Å². The van der Waals surface area contributed by atoms with Crippen LogP contribution in [0.15, 0.2) is 24.3 Å². The molecule has 0 spiro atoms. The Labute approximate surface area is 106 Å². The summed E-state index contributed by atoms with van der Waals surface area (Å²) >= 11 is 0. The molecule has 1 rings (SSSR count). The zero-order valence-electron chi connectivity index (χ0n) is 11.4. The molecule has 0 aliphatic carbocycles. The third-order valence-corrected chi connectivity index (χ3v) is 3.28. The van der Waals surface area contributed by atoms with Gasteiger partial charge in [0, 0.05) is 24.8 Å². The third kappa shape index (κ3) is 3.74.